The quantitative estimate of drug-likeness (QED) is 0.608. The lowest BCUT2D eigenvalue weighted by Gasteiger charge is -2.08. The SMILES string of the molecule is Cc1nn(CCOCC(F)(F)F)c(C)c1CCl. The van der Waals surface area contributed by atoms with Gasteiger partial charge in [-0.3, -0.25) is 4.68 Å². The van der Waals surface area contributed by atoms with Crippen LogP contribution in [0.1, 0.15) is 17.0 Å². The second-order valence-corrected chi connectivity index (χ2v) is 3.94. The number of hydrogen-bond donors (Lipinski definition) is 0. The Bertz CT molecular complexity index is 376. The number of hydrogen-bond acceptors (Lipinski definition) is 2. The Labute approximate surface area is 103 Å². The normalized spacial score (nSPS) is 12.1. The van der Waals surface area contributed by atoms with Crippen molar-refractivity contribution in [2.75, 3.05) is 13.2 Å². The zero-order valence-corrected chi connectivity index (χ0v) is 10.4. The van der Waals surface area contributed by atoms with Crippen molar-refractivity contribution in [1.29, 1.82) is 0 Å². The van der Waals surface area contributed by atoms with Gasteiger partial charge in [0.05, 0.1) is 24.7 Å². The van der Waals surface area contributed by atoms with Crippen LogP contribution < -0.4 is 0 Å². The maximum absolute atomic E-state index is 11.8. The number of ether oxygens (including phenoxy) is 1. The second kappa shape index (κ2) is 5.73. The molecule has 0 aliphatic heterocycles. The van der Waals surface area contributed by atoms with E-state index in [1.165, 1.54) is 0 Å². The highest BCUT2D eigenvalue weighted by Crippen LogP contribution is 2.16. The van der Waals surface area contributed by atoms with Crippen LogP contribution >= 0.6 is 11.6 Å². The highest BCUT2D eigenvalue weighted by atomic mass is 35.5. The number of alkyl halides is 4. The smallest absolute Gasteiger partial charge is 0.370 e. The summed E-state index contributed by atoms with van der Waals surface area (Å²) in [6, 6.07) is 0. The molecule has 7 heteroatoms. The monoisotopic (exact) mass is 270 g/mol. The predicted octanol–water partition coefficient (Wildman–Crippen LogP) is 2.82. The molecule has 1 rings (SSSR count). The molecule has 0 bridgehead atoms. The van der Waals surface area contributed by atoms with Gasteiger partial charge in [0, 0.05) is 11.3 Å². The molecule has 0 fully saturated rings. The molecule has 0 unspecified atom stereocenters. The number of aromatic nitrogens is 2. The van der Waals surface area contributed by atoms with Gasteiger partial charge in [0.15, 0.2) is 0 Å². The molecule has 0 aliphatic carbocycles. The fraction of sp³-hybridized carbons (Fsp3) is 0.700. The summed E-state index contributed by atoms with van der Waals surface area (Å²) in [6.07, 6.45) is -4.28. The summed E-state index contributed by atoms with van der Waals surface area (Å²) < 4.78 is 41.6. The molecule has 0 saturated heterocycles. The molecular formula is C10H14ClF3N2O. The molecule has 0 aromatic carbocycles. The van der Waals surface area contributed by atoms with Crippen LogP contribution in [-0.4, -0.2) is 29.2 Å². The first kappa shape index (κ1) is 14.3. The molecule has 0 radical (unpaired) electrons. The summed E-state index contributed by atoms with van der Waals surface area (Å²) in [5, 5.41) is 4.19. The third kappa shape index (κ3) is 4.20. The Balaban J connectivity index is 2.47. The maximum Gasteiger partial charge on any atom is 0.411 e. The average Bonchev–Trinajstić information content (AvgIpc) is 2.47. The molecule has 0 atom stereocenters. The first-order chi connectivity index (χ1) is 7.85. The van der Waals surface area contributed by atoms with Gasteiger partial charge in [-0.1, -0.05) is 0 Å². The number of halogens is 4. The summed E-state index contributed by atoms with van der Waals surface area (Å²) >= 11 is 5.74. The fourth-order valence-electron chi connectivity index (χ4n) is 1.48. The zero-order valence-electron chi connectivity index (χ0n) is 9.64. The van der Waals surface area contributed by atoms with Crippen LogP contribution in [0.25, 0.3) is 0 Å². The van der Waals surface area contributed by atoms with Gasteiger partial charge in [0.25, 0.3) is 0 Å². The van der Waals surface area contributed by atoms with Crippen molar-refractivity contribution in [1.82, 2.24) is 9.78 Å². The van der Waals surface area contributed by atoms with Crippen molar-refractivity contribution in [3.8, 4) is 0 Å². The van der Waals surface area contributed by atoms with Gasteiger partial charge in [0.1, 0.15) is 6.61 Å². The highest BCUT2D eigenvalue weighted by molar-refractivity contribution is 6.17. The molecule has 0 N–H and O–H groups in total. The van der Waals surface area contributed by atoms with Gasteiger partial charge in [-0.05, 0) is 13.8 Å². The van der Waals surface area contributed by atoms with Crippen molar-refractivity contribution in [3.63, 3.8) is 0 Å². The molecule has 1 aromatic heterocycles. The summed E-state index contributed by atoms with van der Waals surface area (Å²) in [6.45, 7) is 2.69. The first-order valence-electron chi connectivity index (χ1n) is 5.08. The third-order valence-corrected chi connectivity index (χ3v) is 2.65. The van der Waals surface area contributed by atoms with Gasteiger partial charge in [-0.2, -0.15) is 18.3 Å². The summed E-state index contributed by atoms with van der Waals surface area (Å²) in [5.74, 6) is 0.348. The zero-order chi connectivity index (χ0) is 13.1. The Morgan fingerprint density at radius 2 is 2.00 bits per heavy atom. The molecule has 98 valence electrons. The minimum atomic E-state index is -4.28. The number of aryl methyl sites for hydroxylation is 1. The largest absolute Gasteiger partial charge is 0.411 e. The third-order valence-electron chi connectivity index (χ3n) is 2.38. The standard InChI is InChI=1S/C10H14ClF3N2O/c1-7-9(5-11)8(2)16(15-7)3-4-17-6-10(12,13)14/h3-6H2,1-2H3. The van der Waals surface area contributed by atoms with Gasteiger partial charge in [-0.25, -0.2) is 0 Å². The van der Waals surface area contributed by atoms with Gasteiger partial charge < -0.3 is 4.74 Å². The Kier molecular flexibility index (Phi) is 4.82. The van der Waals surface area contributed by atoms with E-state index in [9.17, 15) is 13.2 Å². The molecule has 17 heavy (non-hydrogen) atoms. The summed E-state index contributed by atoms with van der Waals surface area (Å²) in [4.78, 5) is 0. The molecule has 0 amide bonds. The van der Waals surface area contributed by atoms with Crippen LogP contribution in [0.4, 0.5) is 13.2 Å². The lowest BCUT2D eigenvalue weighted by Crippen LogP contribution is -2.19. The van der Waals surface area contributed by atoms with Crippen molar-refractivity contribution in [3.05, 3.63) is 17.0 Å². The van der Waals surface area contributed by atoms with E-state index in [0.29, 0.717) is 12.4 Å². The minimum absolute atomic E-state index is 0.0246. The van der Waals surface area contributed by atoms with E-state index in [2.05, 4.69) is 9.84 Å². The molecular weight excluding hydrogens is 257 g/mol. The lowest BCUT2D eigenvalue weighted by molar-refractivity contribution is -0.174. The van der Waals surface area contributed by atoms with Gasteiger partial charge in [0.2, 0.25) is 0 Å². The first-order valence-corrected chi connectivity index (χ1v) is 5.62. The maximum atomic E-state index is 11.8. The average molecular weight is 271 g/mol. The van der Waals surface area contributed by atoms with Crippen molar-refractivity contribution in [2.45, 2.75) is 32.4 Å². The van der Waals surface area contributed by atoms with Crippen molar-refractivity contribution in [2.24, 2.45) is 0 Å². The molecule has 0 aliphatic rings. The molecule has 0 spiro atoms. The van der Waals surface area contributed by atoms with Crippen LogP contribution in [0.5, 0.6) is 0 Å². The molecule has 3 nitrogen and oxygen atoms in total. The number of nitrogens with zero attached hydrogens (tertiary/aromatic N) is 2. The van der Waals surface area contributed by atoms with Gasteiger partial charge >= 0.3 is 6.18 Å². The van der Waals surface area contributed by atoms with E-state index >= 15 is 0 Å². The second-order valence-electron chi connectivity index (χ2n) is 3.67. The summed E-state index contributed by atoms with van der Waals surface area (Å²) in [7, 11) is 0. The van der Waals surface area contributed by atoms with Crippen molar-refractivity contribution >= 4 is 11.6 Å². The summed E-state index contributed by atoms with van der Waals surface area (Å²) in [5.41, 5.74) is 2.59. The van der Waals surface area contributed by atoms with Crippen LogP contribution in [0.3, 0.4) is 0 Å². The van der Waals surface area contributed by atoms with E-state index in [1.807, 2.05) is 13.8 Å². The predicted molar refractivity (Wildman–Crippen MR) is 58.1 cm³/mol. The Morgan fingerprint density at radius 1 is 1.35 bits per heavy atom. The van der Waals surface area contributed by atoms with Crippen LogP contribution in [0, 0.1) is 13.8 Å². The Morgan fingerprint density at radius 3 is 2.47 bits per heavy atom. The molecule has 0 saturated carbocycles. The van der Waals surface area contributed by atoms with E-state index in [1.54, 1.807) is 4.68 Å². The molecule has 1 aromatic rings. The van der Waals surface area contributed by atoms with E-state index in [4.69, 9.17) is 11.6 Å². The van der Waals surface area contributed by atoms with Crippen LogP contribution in [0.2, 0.25) is 0 Å². The fourth-order valence-corrected chi connectivity index (χ4v) is 1.87. The van der Waals surface area contributed by atoms with Crippen LogP contribution in [-0.2, 0) is 17.2 Å². The van der Waals surface area contributed by atoms with E-state index in [-0.39, 0.29) is 6.61 Å². The van der Waals surface area contributed by atoms with Crippen LogP contribution in [0.15, 0.2) is 0 Å². The number of rotatable bonds is 5. The minimum Gasteiger partial charge on any atom is -0.370 e. The Hall–Kier alpha value is -0.750. The van der Waals surface area contributed by atoms with Crippen molar-refractivity contribution < 1.29 is 17.9 Å². The topological polar surface area (TPSA) is 27.1 Å². The highest BCUT2D eigenvalue weighted by Gasteiger charge is 2.27. The van der Waals surface area contributed by atoms with E-state index in [0.717, 1.165) is 17.0 Å². The van der Waals surface area contributed by atoms with E-state index < -0.39 is 12.8 Å². The van der Waals surface area contributed by atoms with Gasteiger partial charge in [-0.15, -0.1) is 11.6 Å². The lowest BCUT2D eigenvalue weighted by atomic mass is 10.2. The molecule has 1 heterocycles.